The molecule has 5 aromatic rings. The number of nitrogens with one attached hydrogen (secondary N) is 2. The van der Waals surface area contributed by atoms with Gasteiger partial charge in [0.05, 0.1) is 18.0 Å². The van der Waals surface area contributed by atoms with Crippen LogP contribution in [0.5, 0.6) is 0 Å². The smallest absolute Gasteiger partial charge is 0.354 e. The lowest BCUT2D eigenvalue weighted by molar-refractivity contribution is -0.137. The topological polar surface area (TPSA) is 106 Å². The molecular formula is C28H20F3N7O2. The largest absolute Gasteiger partial charge is 0.416 e. The maximum atomic E-state index is 13.7. The molecule has 0 aliphatic carbocycles. The molecule has 0 aliphatic rings. The number of aromatic nitrogens is 5. The molecule has 0 radical (unpaired) electrons. The molecule has 0 atom stereocenters. The molecule has 40 heavy (non-hydrogen) atoms. The molecule has 0 bridgehead atoms. The Balaban J connectivity index is 1.44. The zero-order valence-electron chi connectivity index (χ0n) is 21.1. The second-order valence-electron chi connectivity index (χ2n) is 8.69. The number of benzene rings is 2. The minimum atomic E-state index is -4.68. The molecule has 2 N–H and O–H groups in total. The van der Waals surface area contributed by atoms with Crippen molar-refractivity contribution < 1.29 is 22.8 Å². The molecule has 0 fully saturated rings. The second-order valence-corrected chi connectivity index (χ2v) is 8.69. The van der Waals surface area contributed by atoms with Crippen LogP contribution in [-0.4, -0.2) is 42.8 Å². The van der Waals surface area contributed by atoms with Crippen LogP contribution in [0.2, 0.25) is 0 Å². The van der Waals surface area contributed by atoms with Crippen LogP contribution in [0.3, 0.4) is 0 Å². The van der Waals surface area contributed by atoms with Gasteiger partial charge in [-0.1, -0.05) is 12.0 Å². The fourth-order valence-corrected chi connectivity index (χ4v) is 3.87. The first-order valence-electron chi connectivity index (χ1n) is 11.8. The van der Waals surface area contributed by atoms with Gasteiger partial charge in [0.2, 0.25) is 0 Å². The van der Waals surface area contributed by atoms with Gasteiger partial charge < -0.3 is 15.2 Å². The summed E-state index contributed by atoms with van der Waals surface area (Å²) in [6.45, 7) is 1.83. The normalized spacial score (nSPS) is 11.1. The van der Waals surface area contributed by atoms with Crippen LogP contribution in [-0.2, 0) is 6.18 Å². The molecule has 2 amide bonds. The minimum absolute atomic E-state index is 0.0272. The van der Waals surface area contributed by atoms with E-state index in [2.05, 4.69) is 37.4 Å². The first-order valence-corrected chi connectivity index (χ1v) is 11.8. The number of hydrogen-bond donors (Lipinski definition) is 2. The van der Waals surface area contributed by atoms with Crippen molar-refractivity contribution in [1.29, 1.82) is 0 Å². The molecule has 200 valence electrons. The lowest BCUT2D eigenvalue weighted by Crippen LogP contribution is -2.18. The second kappa shape index (κ2) is 10.4. The van der Waals surface area contributed by atoms with Crippen LogP contribution >= 0.6 is 0 Å². The lowest BCUT2D eigenvalue weighted by Gasteiger charge is -2.14. The molecule has 3 heterocycles. The van der Waals surface area contributed by atoms with Crippen LogP contribution in [0.25, 0.3) is 11.3 Å². The predicted octanol–water partition coefficient (Wildman–Crippen LogP) is 4.25. The standard InChI is InChI=1S/C28H20F3N7O2/c1-17-3-4-19(9-18(17)5-6-22-13-34-25-14-33-7-8-38(22)25)26(39)36-21-10-20(28(29,30)31)11-23(12-21)37-15-24(35-16-37)27(40)32-2/h3-4,7-16H,1-2H3,(H,32,40)(H,36,39). The van der Waals surface area contributed by atoms with Crippen molar-refractivity contribution >= 4 is 23.1 Å². The molecule has 0 spiro atoms. The summed E-state index contributed by atoms with van der Waals surface area (Å²) in [5.74, 6) is 4.96. The molecule has 0 aliphatic heterocycles. The number of amides is 2. The molecule has 12 heteroatoms. The zero-order chi connectivity index (χ0) is 28.4. The van der Waals surface area contributed by atoms with Gasteiger partial charge in [0.25, 0.3) is 11.8 Å². The van der Waals surface area contributed by atoms with Gasteiger partial charge in [-0.2, -0.15) is 13.2 Å². The van der Waals surface area contributed by atoms with Crippen LogP contribution in [0.1, 0.15) is 43.2 Å². The Morgan fingerprint density at radius 1 is 1.00 bits per heavy atom. The van der Waals surface area contributed by atoms with E-state index in [-0.39, 0.29) is 22.6 Å². The van der Waals surface area contributed by atoms with Gasteiger partial charge in [-0.05, 0) is 48.7 Å². The first-order chi connectivity index (χ1) is 19.1. The SMILES string of the molecule is CNC(=O)c1cn(-c2cc(NC(=O)c3ccc(C)c(C#Cc4cnc5cnccn45)c3)cc(C(F)(F)F)c2)cn1. The van der Waals surface area contributed by atoms with E-state index < -0.39 is 23.6 Å². The van der Waals surface area contributed by atoms with Crippen molar-refractivity contribution in [2.24, 2.45) is 0 Å². The quantitative estimate of drug-likeness (QED) is 0.330. The van der Waals surface area contributed by atoms with E-state index in [1.807, 2.05) is 6.92 Å². The van der Waals surface area contributed by atoms with E-state index in [4.69, 9.17) is 0 Å². The third-order valence-corrected chi connectivity index (χ3v) is 5.99. The Labute approximate surface area is 225 Å². The number of imidazole rings is 2. The highest BCUT2D eigenvalue weighted by atomic mass is 19.4. The fourth-order valence-electron chi connectivity index (χ4n) is 3.87. The van der Waals surface area contributed by atoms with Crippen LogP contribution < -0.4 is 10.6 Å². The summed E-state index contributed by atoms with van der Waals surface area (Å²) in [6.07, 6.45) is 4.40. The lowest BCUT2D eigenvalue weighted by atomic mass is 10.0. The Kier molecular flexibility index (Phi) is 6.79. The molecule has 0 saturated heterocycles. The molecular weight excluding hydrogens is 523 g/mol. The highest BCUT2D eigenvalue weighted by Gasteiger charge is 2.31. The van der Waals surface area contributed by atoms with Crippen molar-refractivity contribution in [3.63, 3.8) is 0 Å². The number of nitrogens with zero attached hydrogens (tertiary/aromatic N) is 5. The zero-order valence-corrected chi connectivity index (χ0v) is 21.1. The third kappa shape index (κ3) is 5.39. The average Bonchev–Trinajstić information content (AvgIpc) is 3.59. The molecule has 3 aromatic heterocycles. The van der Waals surface area contributed by atoms with Crippen molar-refractivity contribution in [2.75, 3.05) is 12.4 Å². The first kappa shape index (κ1) is 26.2. The summed E-state index contributed by atoms with van der Waals surface area (Å²) in [7, 11) is 1.42. The van der Waals surface area contributed by atoms with Gasteiger partial charge in [0.1, 0.15) is 17.7 Å². The van der Waals surface area contributed by atoms with E-state index in [0.717, 1.165) is 17.7 Å². The van der Waals surface area contributed by atoms with Gasteiger partial charge in [-0.15, -0.1) is 0 Å². The van der Waals surface area contributed by atoms with E-state index >= 15 is 0 Å². The van der Waals surface area contributed by atoms with Gasteiger partial charge >= 0.3 is 6.18 Å². The van der Waals surface area contributed by atoms with Crippen molar-refractivity contribution in [3.8, 4) is 17.5 Å². The van der Waals surface area contributed by atoms with Crippen LogP contribution in [0.4, 0.5) is 18.9 Å². The van der Waals surface area contributed by atoms with Crippen molar-refractivity contribution in [2.45, 2.75) is 13.1 Å². The molecule has 2 aromatic carbocycles. The molecule has 5 rings (SSSR count). The van der Waals surface area contributed by atoms with E-state index in [0.29, 0.717) is 16.9 Å². The van der Waals surface area contributed by atoms with E-state index in [9.17, 15) is 22.8 Å². The van der Waals surface area contributed by atoms with E-state index in [1.165, 1.54) is 30.2 Å². The summed E-state index contributed by atoms with van der Waals surface area (Å²) in [6, 6.07) is 7.95. The van der Waals surface area contributed by atoms with Crippen molar-refractivity contribution in [3.05, 3.63) is 107 Å². The Hall–Kier alpha value is -5.44. The Bertz CT molecular complexity index is 1830. The number of halogens is 3. The highest BCUT2D eigenvalue weighted by Crippen LogP contribution is 2.33. The van der Waals surface area contributed by atoms with Gasteiger partial charge in [-0.3, -0.25) is 19.0 Å². The fraction of sp³-hybridized carbons (Fsp3) is 0.107. The summed E-state index contributed by atoms with van der Waals surface area (Å²) >= 11 is 0. The Morgan fingerprint density at radius 2 is 1.82 bits per heavy atom. The number of rotatable bonds is 4. The van der Waals surface area contributed by atoms with Gasteiger partial charge in [-0.25, -0.2) is 9.97 Å². The number of hydrogen-bond acceptors (Lipinski definition) is 5. The van der Waals surface area contributed by atoms with Gasteiger partial charge in [0, 0.05) is 48.1 Å². The Morgan fingerprint density at radius 3 is 2.60 bits per heavy atom. The molecule has 0 saturated carbocycles. The summed E-state index contributed by atoms with van der Waals surface area (Å²) in [5, 5.41) is 4.94. The molecule has 0 unspecified atom stereocenters. The van der Waals surface area contributed by atoms with Crippen molar-refractivity contribution in [1.82, 2.24) is 29.2 Å². The van der Waals surface area contributed by atoms with Gasteiger partial charge in [0.15, 0.2) is 5.65 Å². The molecule has 9 nitrogen and oxygen atoms in total. The average molecular weight is 544 g/mol. The predicted molar refractivity (Wildman–Crippen MR) is 140 cm³/mol. The summed E-state index contributed by atoms with van der Waals surface area (Å²) in [5.41, 5.74) is 1.88. The number of aryl methyl sites for hydroxylation is 1. The maximum Gasteiger partial charge on any atom is 0.416 e. The monoisotopic (exact) mass is 543 g/mol. The van der Waals surface area contributed by atoms with Crippen LogP contribution in [0, 0.1) is 18.8 Å². The summed E-state index contributed by atoms with van der Waals surface area (Å²) in [4.78, 5) is 37.1. The maximum absolute atomic E-state index is 13.7. The third-order valence-electron chi connectivity index (χ3n) is 5.99. The van der Waals surface area contributed by atoms with Crippen LogP contribution in [0.15, 0.2) is 73.7 Å². The number of carbonyl (C=O) groups is 2. The number of alkyl halides is 3. The summed E-state index contributed by atoms with van der Waals surface area (Å²) < 4.78 is 44.1. The minimum Gasteiger partial charge on any atom is -0.354 e. The number of carbonyl (C=O) groups excluding carboxylic acids is 2. The number of fused-ring (bicyclic) bond motifs is 1. The highest BCUT2D eigenvalue weighted by molar-refractivity contribution is 6.04. The number of anilines is 1. The van der Waals surface area contributed by atoms with E-state index in [1.54, 1.807) is 47.4 Å².